The van der Waals surface area contributed by atoms with Gasteiger partial charge in [-0.2, -0.15) is 0 Å². The molecule has 0 aliphatic carbocycles. The van der Waals surface area contributed by atoms with Crippen molar-refractivity contribution in [3.05, 3.63) is 20.7 Å². The Hall–Kier alpha value is -0.670. The molecule has 0 spiro atoms. The third-order valence-electron chi connectivity index (χ3n) is 1.40. The van der Waals surface area contributed by atoms with E-state index in [1.165, 1.54) is 13.2 Å². The molecular formula is C6H6BrNO5S2. The van der Waals surface area contributed by atoms with Crippen molar-refractivity contribution in [3.63, 3.8) is 0 Å². The van der Waals surface area contributed by atoms with Crippen molar-refractivity contribution in [2.75, 3.05) is 13.0 Å². The van der Waals surface area contributed by atoms with Gasteiger partial charge in [0.15, 0.2) is 5.06 Å². The monoisotopic (exact) mass is 315 g/mol. The number of nitrogens with zero attached hydrogens (tertiary/aromatic N) is 1. The predicted molar refractivity (Wildman–Crippen MR) is 57.6 cm³/mol. The fourth-order valence-corrected chi connectivity index (χ4v) is 3.96. The van der Waals surface area contributed by atoms with Gasteiger partial charge >= 0.3 is 5.88 Å². The lowest BCUT2D eigenvalue weighted by Crippen LogP contribution is -2.13. The van der Waals surface area contributed by atoms with Crippen LogP contribution < -0.4 is 4.74 Å². The van der Waals surface area contributed by atoms with Crippen LogP contribution in [0, 0.1) is 10.1 Å². The summed E-state index contributed by atoms with van der Waals surface area (Å²) in [5, 5.41) is 10.5. The summed E-state index contributed by atoms with van der Waals surface area (Å²) in [5.41, 5.74) is 0. The number of thiophene rings is 1. The SMILES string of the molecule is COc1sc(S(=O)(=O)C[N+](=O)[O-])cc1Br. The minimum absolute atomic E-state index is 0.0806. The zero-order valence-electron chi connectivity index (χ0n) is 7.47. The molecule has 0 atom stereocenters. The number of hydrogen-bond donors (Lipinski definition) is 0. The number of nitro groups is 1. The lowest BCUT2D eigenvalue weighted by Gasteiger charge is -1.94. The molecule has 1 heterocycles. The molecule has 0 aliphatic rings. The Morgan fingerprint density at radius 1 is 1.67 bits per heavy atom. The number of rotatable bonds is 4. The van der Waals surface area contributed by atoms with Gasteiger partial charge in [0.05, 0.1) is 11.6 Å². The number of hydrogen-bond acceptors (Lipinski definition) is 6. The van der Waals surface area contributed by atoms with Gasteiger partial charge in [0.2, 0.25) is 0 Å². The second-order valence-electron chi connectivity index (χ2n) is 2.48. The first-order chi connectivity index (χ1) is 6.86. The van der Waals surface area contributed by atoms with Crippen LogP contribution in [0.5, 0.6) is 5.06 Å². The maximum Gasteiger partial charge on any atom is 0.306 e. The third-order valence-corrected chi connectivity index (χ3v) is 5.44. The van der Waals surface area contributed by atoms with Gasteiger partial charge in [-0.1, -0.05) is 11.3 Å². The van der Waals surface area contributed by atoms with Gasteiger partial charge in [0.1, 0.15) is 4.21 Å². The second-order valence-corrected chi connectivity index (χ2v) is 6.54. The number of halogens is 1. The van der Waals surface area contributed by atoms with E-state index in [0.717, 1.165) is 11.3 Å². The molecule has 1 rings (SSSR count). The Morgan fingerprint density at radius 2 is 2.27 bits per heavy atom. The lowest BCUT2D eigenvalue weighted by molar-refractivity contribution is -0.458. The highest BCUT2D eigenvalue weighted by Crippen LogP contribution is 2.37. The zero-order valence-corrected chi connectivity index (χ0v) is 10.7. The summed E-state index contributed by atoms with van der Waals surface area (Å²) < 4.78 is 28.1. The maximum atomic E-state index is 11.4. The molecule has 0 aromatic carbocycles. The summed E-state index contributed by atoms with van der Waals surface area (Å²) >= 11 is 3.93. The first kappa shape index (κ1) is 12.4. The molecule has 1 aromatic rings. The summed E-state index contributed by atoms with van der Waals surface area (Å²) in [6.07, 6.45) is 0. The molecule has 9 heteroatoms. The average Bonchev–Trinajstić information content (AvgIpc) is 2.45. The standard InChI is InChI=1S/C6H6BrNO5S2/c1-13-6-4(7)2-5(14-6)15(11,12)3-8(9)10/h2H,3H2,1H3. The van der Waals surface area contributed by atoms with E-state index < -0.39 is 20.6 Å². The molecule has 0 fully saturated rings. The van der Waals surface area contributed by atoms with Gasteiger partial charge in [-0.15, -0.1) is 0 Å². The van der Waals surface area contributed by atoms with Crippen molar-refractivity contribution in [2.45, 2.75) is 4.21 Å². The number of sulfone groups is 1. The number of ether oxygens (including phenoxy) is 1. The molecule has 0 saturated heterocycles. The van der Waals surface area contributed by atoms with Crippen LogP contribution in [0.2, 0.25) is 0 Å². The van der Waals surface area contributed by atoms with Crippen LogP contribution in [-0.4, -0.2) is 26.3 Å². The Labute approximate surface area is 98.1 Å². The van der Waals surface area contributed by atoms with Crippen LogP contribution in [0.1, 0.15) is 0 Å². The summed E-state index contributed by atoms with van der Waals surface area (Å²) in [4.78, 5) is 9.26. The van der Waals surface area contributed by atoms with Gasteiger partial charge in [0, 0.05) is 4.92 Å². The molecule has 1 aromatic heterocycles. The Bertz CT molecular complexity index is 480. The van der Waals surface area contributed by atoms with Crippen molar-refractivity contribution >= 4 is 37.1 Å². The van der Waals surface area contributed by atoms with Crippen molar-refractivity contribution in [3.8, 4) is 5.06 Å². The van der Waals surface area contributed by atoms with Crippen LogP contribution >= 0.6 is 27.3 Å². The zero-order chi connectivity index (χ0) is 11.6. The molecule has 84 valence electrons. The molecule has 0 radical (unpaired) electrons. The van der Waals surface area contributed by atoms with E-state index in [0.29, 0.717) is 9.54 Å². The fourth-order valence-electron chi connectivity index (χ4n) is 0.827. The van der Waals surface area contributed by atoms with Crippen molar-refractivity contribution in [1.82, 2.24) is 0 Å². The molecule has 0 amide bonds. The Morgan fingerprint density at radius 3 is 2.67 bits per heavy atom. The molecule has 0 bridgehead atoms. The minimum Gasteiger partial charge on any atom is -0.486 e. The van der Waals surface area contributed by atoms with Gasteiger partial charge in [0.25, 0.3) is 9.84 Å². The maximum absolute atomic E-state index is 11.4. The summed E-state index contributed by atoms with van der Waals surface area (Å²) in [7, 11) is -2.47. The highest BCUT2D eigenvalue weighted by atomic mass is 79.9. The van der Waals surface area contributed by atoms with Gasteiger partial charge in [-0.05, 0) is 22.0 Å². The summed E-state index contributed by atoms with van der Waals surface area (Å²) in [6, 6.07) is 1.29. The quantitative estimate of drug-likeness (QED) is 0.621. The fraction of sp³-hybridized carbons (Fsp3) is 0.333. The number of methoxy groups -OCH3 is 1. The van der Waals surface area contributed by atoms with Crippen LogP contribution in [0.4, 0.5) is 0 Å². The van der Waals surface area contributed by atoms with Crippen LogP contribution in [0.25, 0.3) is 0 Å². The Kier molecular flexibility index (Phi) is 3.68. The van der Waals surface area contributed by atoms with Gasteiger partial charge in [-0.25, -0.2) is 8.42 Å². The molecule has 6 nitrogen and oxygen atoms in total. The first-order valence-electron chi connectivity index (χ1n) is 3.54. The van der Waals surface area contributed by atoms with E-state index in [2.05, 4.69) is 15.9 Å². The van der Waals surface area contributed by atoms with Gasteiger partial charge < -0.3 is 4.74 Å². The second kappa shape index (κ2) is 4.45. The predicted octanol–water partition coefficient (Wildman–Crippen LogP) is 1.53. The normalized spacial score (nSPS) is 11.3. The van der Waals surface area contributed by atoms with E-state index >= 15 is 0 Å². The minimum atomic E-state index is -3.86. The van der Waals surface area contributed by atoms with E-state index in [-0.39, 0.29) is 4.21 Å². The topological polar surface area (TPSA) is 86.5 Å². The van der Waals surface area contributed by atoms with Crippen molar-refractivity contribution in [2.24, 2.45) is 0 Å². The van der Waals surface area contributed by atoms with Gasteiger partial charge in [-0.3, -0.25) is 10.1 Å². The summed E-state index contributed by atoms with van der Waals surface area (Å²) in [6.45, 7) is 0. The van der Waals surface area contributed by atoms with E-state index in [9.17, 15) is 18.5 Å². The first-order valence-corrected chi connectivity index (χ1v) is 6.81. The molecular weight excluding hydrogens is 310 g/mol. The molecule has 0 aliphatic heterocycles. The van der Waals surface area contributed by atoms with E-state index in [4.69, 9.17) is 4.74 Å². The molecule has 15 heavy (non-hydrogen) atoms. The van der Waals surface area contributed by atoms with Crippen LogP contribution in [-0.2, 0) is 9.84 Å². The highest BCUT2D eigenvalue weighted by molar-refractivity contribution is 9.10. The van der Waals surface area contributed by atoms with Crippen molar-refractivity contribution in [1.29, 1.82) is 0 Å². The molecule has 0 N–H and O–H groups in total. The van der Waals surface area contributed by atoms with Crippen molar-refractivity contribution < 1.29 is 18.1 Å². The van der Waals surface area contributed by atoms with Crippen LogP contribution in [0.15, 0.2) is 14.7 Å². The average molecular weight is 316 g/mol. The molecule has 0 saturated carbocycles. The Balaban J connectivity index is 3.11. The highest BCUT2D eigenvalue weighted by Gasteiger charge is 2.25. The van der Waals surface area contributed by atoms with E-state index in [1.54, 1.807) is 0 Å². The lowest BCUT2D eigenvalue weighted by atomic mass is 10.6. The van der Waals surface area contributed by atoms with Crippen LogP contribution in [0.3, 0.4) is 0 Å². The van der Waals surface area contributed by atoms with E-state index in [1.807, 2.05) is 0 Å². The summed E-state index contributed by atoms with van der Waals surface area (Å²) in [5.74, 6) is -1.11. The molecule has 0 unspecified atom stereocenters. The largest absolute Gasteiger partial charge is 0.486 e. The smallest absolute Gasteiger partial charge is 0.306 e. The third kappa shape index (κ3) is 2.89.